The highest BCUT2D eigenvalue weighted by molar-refractivity contribution is 7.13. The summed E-state index contributed by atoms with van der Waals surface area (Å²) in [6.07, 6.45) is 1.79. The van der Waals surface area contributed by atoms with E-state index in [1.54, 1.807) is 29.1 Å². The van der Waals surface area contributed by atoms with Gasteiger partial charge in [0, 0.05) is 11.8 Å². The van der Waals surface area contributed by atoms with Gasteiger partial charge < -0.3 is 11.5 Å². The Morgan fingerprint density at radius 2 is 2.08 bits per heavy atom. The largest absolute Gasteiger partial charge is 0.397 e. The molecular weight excluding hydrogens is 182 g/mol. The molecule has 0 saturated heterocycles. The summed E-state index contributed by atoms with van der Waals surface area (Å²) in [6.45, 7) is 0. The van der Waals surface area contributed by atoms with Crippen molar-refractivity contribution >= 4 is 22.7 Å². The van der Waals surface area contributed by atoms with Crippen LogP contribution in [0, 0.1) is 0 Å². The minimum atomic E-state index is 0.617. The van der Waals surface area contributed by atoms with Crippen molar-refractivity contribution in [3.8, 4) is 10.4 Å². The molecular formula is C9H9N3S. The normalized spacial score (nSPS) is 10.2. The summed E-state index contributed by atoms with van der Waals surface area (Å²) < 4.78 is 0. The fraction of sp³-hybridized carbons (Fsp3) is 0. The molecule has 1 heterocycles. The molecule has 0 unspecified atom stereocenters. The Balaban J connectivity index is 2.59. The Hall–Kier alpha value is -1.55. The zero-order valence-electron chi connectivity index (χ0n) is 6.90. The van der Waals surface area contributed by atoms with Crippen LogP contribution >= 0.6 is 11.3 Å². The van der Waals surface area contributed by atoms with Crippen LogP contribution in [0.2, 0.25) is 0 Å². The maximum atomic E-state index is 5.83. The second-order valence-electron chi connectivity index (χ2n) is 2.67. The van der Waals surface area contributed by atoms with Crippen molar-refractivity contribution in [2.75, 3.05) is 11.5 Å². The minimum absolute atomic E-state index is 0.617. The number of nitrogen functional groups attached to an aromatic ring is 2. The van der Waals surface area contributed by atoms with E-state index in [1.165, 1.54) is 0 Å². The Labute approximate surface area is 80.0 Å². The first-order valence-electron chi connectivity index (χ1n) is 3.82. The fourth-order valence-electron chi connectivity index (χ4n) is 1.15. The minimum Gasteiger partial charge on any atom is -0.397 e. The molecule has 0 bridgehead atoms. The number of anilines is 2. The van der Waals surface area contributed by atoms with Gasteiger partial charge in [0.15, 0.2) is 0 Å². The lowest BCUT2D eigenvalue weighted by Crippen LogP contribution is -1.95. The van der Waals surface area contributed by atoms with Gasteiger partial charge in [-0.2, -0.15) is 0 Å². The second-order valence-corrected chi connectivity index (χ2v) is 3.56. The molecule has 0 spiro atoms. The number of nitrogens with two attached hydrogens (primary N) is 2. The first-order chi connectivity index (χ1) is 6.29. The fourth-order valence-corrected chi connectivity index (χ4v) is 1.81. The molecule has 1 aromatic heterocycles. The summed E-state index contributed by atoms with van der Waals surface area (Å²) in [7, 11) is 0. The molecule has 2 aromatic rings. The number of hydrogen-bond donors (Lipinski definition) is 2. The number of rotatable bonds is 1. The Morgan fingerprint density at radius 3 is 2.77 bits per heavy atom. The molecule has 0 radical (unpaired) electrons. The Morgan fingerprint density at radius 1 is 1.23 bits per heavy atom. The van der Waals surface area contributed by atoms with E-state index >= 15 is 0 Å². The summed E-state index contributed by atoms with van der Waals surface area (Å²) >= 11 is 1.55. The van der Waals surface area contributed by atoms with Crippen LogP contribution in [0.5, 0.6) is 0 Å². The summed E-state index contributed by atoms with van der Waals surface area (Å²) in [5.74, 6) is 0. The molecule has 0 atom stereocenters. The van der Waals surface area contributed by atoms with Gasteiger partial charge in [-0.1, -0.05) is 12.1 Å². The van der Waals surface area contributed by atoms with Gasteiger partial charge in [-0.15, -0.1) is 11.3 Å². The van der Waals surface area contributed by atoms with Gasteiger partial charge in [0.25, 0.3) is 0 Å². The van der Waals surface area contributed by atoms with Crippen molar-refractivity contribution in [1.82, 2.24) is 4.98 Å². The number of aromatic nitrogens is 1. The zero-order chi connectivity index (χ0) is 9.26. The molecule has 13 heavy (non-hydrogen) atoms. The first kappa shape index (κ1) is 8.07. The second kappa shape index (κ2) is 3.06. The number of hydrogen-bond acceptors (Lipinski definition) is 4. The SMILES string of the molecule is Nc1cccc(-c2cncs2)c1N. The van der Waals surface area contributed by atoms with Crippen LogP contribution < -0.4 is 11.5 Å². The molecule has 0 aliphatic carbocycles. The maximum absolute atomic E-state index is 5.83. The number of nitrogens with zero attached hydrogens (tertiary/aromatic N) is 1. The molecule has 4 heteroatoms. The van der Waals surface area contributed by atoms with E-state index < -0.39 is 0 Å². The average Bonchev–Trinajstić information content (AvgIpc) is 2.62. The van der Waals surface area contributed by atoms with Crippen LogP contribution in [0.3, 0.4) is 0 Å². The first-order valence-corrected chi connectivity index (χ1v) is 4.70. The van der Waals surface area contributed by atoms with Gasteiger partial charge in [-0.3, -0.25) is 4.98 Å². The Kier molecular flexibility index (Phi) is 1.90. The van der Waals surface area contributed by atoms with E-state index in [2.05, 4.69) is 4.98 Å². The molecule has 0 amide bonds. The van der Waals surface area contributed by atoms with Crippen molar-refractivity contribution in [1.29, 1.82) is 0 Å². The molecule has 0 aliphatic rings. The molecule has 4 N–H and O–H groups in total. The van der Waals surface area contributed by atoms with Crippen LogP contribution in [0.25, 0.3) is 10.4 Å². The maximum Gasteiger partial charge on any atom is 0.0797 e. The van der Waals surface area contributed by atoms with E-state index in [0.717, 1.165) is 10.4 Å². The van der Waals surface area contributed by atoms with E-state index in [0.29, 0.717) is 11.4 Å². The molecule has 66 valence electrons. The summed E-state index contributed by atoms with van der Waals surface area (Å²) in [5, 5.41) is 0. The number of para-hydroxylation sites is 1. The third-order valence-electron chi connectivity index (χ3n) is 1.84. The van der Waals surface area contributed by atoms with Crippen molar-refractivity contribution in [2.24, 2.45) is 0 Å². The van der Waals surface area contributed by atoms with Crippen LogP contribution in [-0.4, -0.2) is 4.98 Å². The quantitative estimate of drug-likeness (QED) is 0.677. The van der Waals surface area contributed by atoms with Crippen molar-refractivity contribution in [2.45, 2.75) is 0 Å². The van der Waals surface area contributed by atoms with E-state index in [1.807, 2.05) is 12.1 Å². The van der Waals surface area contributed by atoms with Gasteiger partial charge in [0.1, 0.15) is 0 Å². The monoisotopic (exact) mass is 191 g/mol. The smallest absolute Gasteiger partial charge is 0.0797 e. The summed E-state index contributed by atoms with van der Waals surface area (Å²) in [5.41, 5.74) is 15.5. The molecule has 1 aromatic carbocycles. The van der Waals surface area contributed by atoms with Gasteiger partial charge in [-0.05, 0) is 6.07 Å². The molecule has 0 aliphatic heterocycles. The number of thiazole rings is 1. The van der Waals surface area contributed by atoms with E-state index in [9.17, 15) is 0 Å². The van der Waals surface area contributed by atoms with Crippen LogP contribution in [0.1, 0.15) is 0 Å². The van der Waals surface area contributed by atoms with Crippen LogP contribution in [0.15, 0.2) is 29.9 Å². The van der Waals surface area contributed by atoms with Crippen molar-refractivity contribution in [3.05, 3.63) is 29.9 Å². The lowest BCUT2D eigenvalue weighted by atomic mass is 10.1. The Bertz CT molecular complexity index is 409. The zero-order valence-corrected chi connectivity index (χ0v) is 7.71. The van der Waals surface area contributed by atoms with Crippen LogP contribution in [-0.2, 0) is 0 Å². The predicted octanol–water partition coefficient (Wildman–Crippen LogP) is 1.97. The van der Waals surface area contributed by atoms with Gasteiger partial charge in [-0.25, -0.2) is 0 Å². The van der Waals surface area contributed by atoms with E-state index in [-0.39, 0.29) is 0 Å². The van der Waals surface area contributed by atoms with Crippen molar-refractivity contribution in [3.63, 3.8) is 0 Å². The lowest BCUT2D eigenvalue weighted by Gasteiger charge is -2.04. The third-order valence-corrected chi connectivity index (χ3v) is 2.64. The van der Waals surface area contributed by atoms with Gasteiger partial charge in [0.2, 0.25) is 0 Å². The topological polar surface area (TPSA) is 64.9 Å². The highest BCUT2D eigenvalue weighted by Crippen LogP contribution is 2.31. The van der Waals surface area contributed by atoms with Crippen molar-refractivity contribution < 1.29 is 0 Å². The molecule has 0 fully saturated rings. The summed E-state index contributed by atoms with van der Waals surface area (Å²) in [4.78, 5) is 5.04. The number of benzene rings is 1. The standard InChI is InChI=1S/C9H9N3S/c10-7-3-1-2-6(9(7)11)8-4-12-5-13-8/h1-5H,10-11H2. The predicted molar refractivity (Wildman–Crippen MR) is 56.4 cm³/mol. The van der Waals surface area contributed by atoms with Gasteiger partial charge in [0.05, 0.1) is 21.8 Å². The molecule has 3 nitrogen and oxygen atoms in total. The molecule has 2 rings (SSSR count). The molecule has 0 saturated carbocycles. The summed E-state index contributed by atoms with van der Waals surface area (Å²) in [6, 6.07) is 5.62. The van der Waals surface area contributed by atoms with Gasteiger partial charge >= 0.3 is 0 Å². The average molecular weight is 191 g/mol. The van der Waals surface area contributed by atoms with Crippen LogP contribution in [0.4, 0.5) is 11.4 Å². The lowest BCUT2D eigenvalue weighted by molar-refractivity contribution is 1.42. The van der Waals surface area contributed by atoms with E-state index in [4.69, 9.17) is 11.5 Å². The third kappa shape index (κ3) is 1.36. The highest BCUT2D eigenvalue weighted by Gasteiger charge is 2.05. The highest BCUT2D eigenvalue weighted by atomic mass is 32.1.